The molecule has 0 bridgehead atoms. The Morgan fingerprint density at radius 3 is 2.19 bits per heavy atom. The largest absolute Gasteiger partial charge is 0.457 e. The number of esters is 2. The molecule has 0 fully saturated rings. The molecule has 1 heterocycles. The smallest absolute Gasteiger partial charge is 0.338 e. The quantitative estimate of drug-likeness (QED) is 0.337. The van der Waals surface area contributed by atoms with Crippen LogP contribution in [0.2, 0.25) is 5.02 Å². The van der Waals surface area contributed by atoms with Crippen LogP contribution in [0, 0.1) is 0 Å². The van der Waals surface area contributed by atoms with E-state index >= 15 is 0 Å². The maximum Gasteiger partial charge on any atom is 0.338 e. The number of carbonyl (C=O) groups is 2. The Labute approximate surface area is 190 Å². The molecule has 0 saturated heterocycles. The molecule has 4 aromatic rings. The van der Waals surface area contributed by atoms with Crippen molar-refractivity contribution in [1.29, 1.82) is 0 Å². The number of hydrogen-bond acceptors (Lipinski definition) is 4. The first-order valence-corrected chi connectivity index (χ1v) is 10.4. The van der Waals surface area contributed by atoms with Gasteiger partial charge in [-0.1, -0.05) is 54.1 Å². The third-order valence-corrected chi connectivity index (χ3v) is 5.06. The fourth-order valence-electron chi connectivity index (χ4n) is 3.31. The van der Waals surface area contributed by atoms with Gasteiger partial charge in [0, 0.05) is 23.7 Å². The summed E-state index contributed by atoms with van der Waals surface area (Å²) >= 11 is 6.02. The Kier molecular flexibility index (Phi) is 6.38. The van der Waals surface area contributed by atoms with Crippen LogP contribution in [0.4, 0.5) is 0 Å². The van der Waals surface area contributed by atoms with E-state index < -0.39 is 11.9 Å². The molecule has 3 aromatic carbocycles. The minimum atomic E-state index is -0.423. The molecular formula is C26H20ClNO4. The van der Waals surface area contributed by atoms with Crippen LogP contribution in [0.5, 0.6) is 5.88 Å². The van der Waals surface area contributed by atoms with Crippen LogP contribution >= 0.6 is 11.6 Å². The first-order valence-electron chi connectivity index (χ1n) is 9.99. The molecule has 0 atom stereocenters. The van der Waals surface area contributed by atoms with Crippen molar-refractivity contribution >= 4 is 23.5 Å². The molecule has 0 saturated carbocycles. The van der Waals surface area contributed by atoms with E-state index in [1.807, 2.05) is 53.1 Å². The summed E-state index contributed by atoms with van der Waals surface area (Å²) in [7, 11) is 0. The minimum absolute atomic E-state index is 0.205. The van der Waals surface area contributed by atoms with Crippen molar-refractivity contribution < 1.29 is 19.1 Å². The lowest BCUT2D eigenvalue weighted by atomic mass is 10.1. The van der Waals surface area contributed by atoms with E-state index in [4.69, 9.17) is 21.1 Å². The second-order valence-electron chi connectivity index (χ2n) is 7.10. The number of benzene rings is 3. The zero-order chi connectivity index (χ0) is 22.5. The van der Waals surface area contributed by atoms with Gasteiger partial charge in [0.05, 0.1) is 11.3 Å². The first kappa shape index (κ1) is 21.4. The molecule has 0 radical (unpaired) electrons. The van der Waals surface area contributed by atoms with Crippen molar-refractivity contribution in [3.05, 3.63) is 107 Å². The molecule has 0 aliphatic carbocycles. The summed E-state index contributed by atoms with van der Waals surface area (Å²) in [5, 5.41) is 0.630. The summed E-state index contributed by atoms with van der Waals surface area (Å²) in [4.78, 5) is 24.0. The van der Waals surface area contributed by atoms with Gasteiger partial charge in [0.1, 0.15) is 6.61 Å². The minimum Gasteiger partial charge on any atom is -0.457 e. The molecular weight excluding hydrogens is 426 g/mol. The number of ether oxygens (including phenoxy) is 2. The van der Waals surface area contributed by atoms with Crippen molar-refractivity contribution in [1.82, 2.24) is 4.57 Å². The Hall–Kier alpha value is -3.83. The summed E-state index contributed by atoms with van der Waals surface area (Å²) in [6, 6.07) is 27.4. The van der Waals surface area contributed by atoms with Crippen molar-refractivity contribution in [3.8, 4) is 22.8 Å². The van der Waals surface area contributed by atoms with Gasteiger partial charge in [-0.3, -0.25) is 9.36 Å². The third kappa shape index (κ3) is 4.90. The zero-order valence-corrected chi connectivity index (χ0v) is 18.1. The second kappa shape index (κ2) is 9.54. The van der Waals surface area contributed by atoms with Gasteiger partial charge >= 0.3 is 11.9 Å². The van der Waals surface area contributed by atoms with Gasteiger partial charge in [-0.2, -0.15) is 0 Å². The fourth-order valence-corrected chi connectivity index (χ4v) is 3.44. The Morgan fingerprint density at radius 1 is 0.844 bits per heavy atom. The van der Waals surface area contributed by atoms with Crippen LogP contribution in [0.15, 0.2) is 91.0 Å². The number of aromatic nitrogens is 1. The van der Waals surface area contributed by atoms with E-state index in [1.54, 1.807) is 42.5 Å². The van der Waals surface area contributed by atoms with Gasteiger partial charge in [-0.25, -0.2) is 4.79 Å². The van der Waals surface area contributed by atoms with Gasteiger partial charge in [0.15, 0.2) is 0 Å². The lowest BCUT2D eigenvalue weighted by molar-refractivity contribution is -0.132. The maximum atomic E-state index is 12.4. The zero-order valence-electron chi connectivity index (χ0n) is 17.3. The van der Waals surface area contributed by atoms with Crippen LogP contribution in [0.3, 0.4) is 0 Å². The highest BCUT2D eigenvalue weighted by Crippen LogP contribution is 2.32. The molecule has 160 valence electrons. The summed E-state index contributed by atoms with van der Waals surface area (Å²) < 4.78 is 12.6. The lowest BCUT2D eigenvalue weighted by Crippen LogP contribution is -2.08. The SMILES string of the molecule is CC(=O)Oc1ccc(-c2ccc(Cl)cc2)n1-c1ccc(C(=O)OCc2ccccc2)cc1. The molecule has 4 rings (SSSR count). The number of hydrogen-bond donors (Lipinski definition) is 0. The van der Waals surface area contributed by atoms with E-state index in [1.165, 1.54) is 6.92 Å². The average molecular weight is 446 g/mol. The van der Waals surface area contributed by atoms with Crippen molar-refractivity contribution in [3.63, 3.8) is 0 Å². The van der Waals surface area contributed by atoms with Gasteiger partial charge in [-0.15, -0.1) is 0 Å². The molecule has 0 spiro atoms. The van der Waals surface area contributed by atoms with E-state index in [2.05, 4.69) is 0 Å². The average Bonchev–Trinajstić information content (AvgIpc) is 3.21. The van der Waals surface area contributed by atoms with Crippen LogP contribution in [0.1, 0.15) is 22.8 Å². The van der Waals surface area contributed by atoms with Gasteiger partial charge in [-0.05, 0) is 53.6 Å². The molecule has 32 heavy (non-hydrogen) atoms. The molecule has 5 nitrogen and oxygen atoms in total. The molecule has 0 aliphatic rings. The topological polar surface area (TPSA) is 57.5 Å². The molecule has 0 unspecified atom stereocenters. The molecule has 1 aromatic heterocycles. The molecule has 0 N–H and O–H groups in total. The summed E-state index contributed by atoms with van der Waals surface area (Å²) in [6.07, 6.45) is 0. The normalized spacial score (nSPS) is 10.6. The summed E-state index contributed by atoms with van der Waals surface area (Å²) in [5.74, 6) is -0.457. The molecule has 0 aliphatic heterocycles. The van der Waals surface area contributed by atoms with Crippen molar-refractivity contribution in [2.45, 2.75) is 13.5 Å². The van der Waals surface area contributed by atoms with Crippen LogP contribution in [0.25, 0.3) is 16.9 Å². The van der Waals surface area contributed by atoms with E-state index in [0.717, 1.165) is 22.5 Å². The van der Waals surface area contributed by atoms with Crippen LogP contribution in [-0.4, -0.2) is 16.5 Å². The second-order valence-corrected chi connectivity index (χ2v) is 7.54. The van der Waals surface area contributed by atoms with Gasteiger partial charge in [0.2, 0.25) is 5.88 Å². The van der Waals surface area contributed by atoms with E-state index in [9.17, 15) is 9.59 Å². The highest BCUT2D eigenvalue weighted by Gasteiger charge is 2.16. The predicted octanol–water partition coefficient (Wildman–Crippen LogP) is 6.08. The number of nitrogens with zero attached hydrogens (tertiary/aromatic N) is 1. The van der Waals surface area contributed by atoms with E-state index in [-0.39, 0.29) is 6.61 Å². The number of carbonyl (C=O) groups excluding carboxylic acids is 2. The fraction of sp³-hybridized carbons (Fsp3) is 0.0769. The van der Waals surface area contributed by atoms with Crippen LogP contribution < -0.4 is 4.74 Å². The highest BCUT2D eigenvalue weighted by atomic mass is 35.5. The summed E-state index contributed by atoms with van der Waals surface area (Å²) in [5.41, 5.74) is 3.80. The molecule has 6 heteroatoms. The lowest BCUT2D eigenvalue weighted by Gasteiger charge is -2.14. The monoisotopic (exact) mass is 445 g/mol. The number of rotatable bonds is 6. The Morgan fingerprint density at radius 2 is 1.53 bits per heavy atom. The predicted molar refractivity (Wildman–Crippen MR) is 123 cm³/mol. The molecule has 0 amide bonds. The third-order valence-electron chi connectivity index (χ3n) is 4.81. The Balaban J connectivity index is 1.61. The first-order chi connectivity index (χ1) is 15.5. The van der Waals surface area contributed by atoms with Crippen molar-refractivity contribution in [2.75, 3.05) is 0 Å². The summed E-state index contributed by atoms with van der Waals surface area (Å²) in [6.45, 7) is 1.56. The van der Waals surface area contributed by atoms with Gasteiger partial charge in [0.25, 0.3) is 0 Å². The number of halogens is 1. The standard InChI is InChI=1S/C26H20ClNO4/c1-18(29)32-25-16-15-24(20-7-11-22(27)12-8-20)28(25)23-13-9-21(10-14-23)26(30)31-17-19-5-3-2-4-6-19/h2-16H,17H2,1H3. The maximum absolute atomic E-state index is 12.4. The van der Waals surface area contributed by atoms with Crippen LogP contribution in [-0.2, 0) is 16.1 Å². The Bertz CT molecular complexity index is 1230. The van der Waals surface area contributed by atoms with E-state index in [0.29, 0.717) is 16.5 Å². The highest BCUT2D eigenvalue weighted by molar-refractivity contribution is 6.30. The van der Waals surface area contributed by atoms with Crippen molar-refractivity contribution in [2.24, 2.45) is 0 Å². The van der Waals surface area contributed by atoms with Gasteiger partial charge < -0.3 is 9.47 Å².